The second-order valence-corrected chi connectivity index (χ2v) is 5.29. The van der Waals surface area contributed by atoms with E-state index in [0.29, 0.717) is 5.92 Å². The van der Waals surface area contributed by atoms with Crippen LogP contribution in [0.2, 0.25) is 0 Å². The Hall–Kier alpha value is -2.42. The van der Waals surface area contributed by atoms with Crippen LogP contribution in [0.1, 0.15) is 11.5 Å². The molecule has 3 heteroatoms. The molecule has 3 nitrogen and oxygen atoms in total. The van der Waals surface area contributed by atoms with E-state index in [1.54, 1.807) is 0 Å². The van der Waals surface area contributed by atoms with Crippen LogP contribution in [0.3, 0.4) is 0 Å². The molecule has 1 unspecified atom stereocenters. The number of nitrogens with two attached hydrogens (primary N) is 1. The molecule has 0 amide bonds. The average Bonchev–Trinajstić information content (AvgIpc) is 3.06. The molecule has 0 saturated heterocycles. The second kappa shape index (κ2) is 4.30. The number of ether oxygens (including phenoxy) is 1. The smallest absolute Gasteiger partial charge is 0.122 e. The highest BCUT2D eigenvalue weighted by Gasteiger charge is 2.24. The summed E-state index contributed by atoms with van der Waals surface area (Å²) in [5.74, 6) is 1.43. The van der Waals surface area contributed by atoms with Crippen molar-refractivity contribution in [3.05, 3.63) is 60.3 Å². The van der Waals surface area contributed by atoms with Crippen LogP contribution in [-0.4, -0.2) is 11.2 Å². The first-order valence-electron chi connectivity index (χ1n) is 6.88. The van der Waals surface area contributed by atoms with E-state index >= 15 is 0 Å². The zero-order valence-electron chi connectivity index (χ0n) is 11.1. The Bertz CT molecular complexity index is 776. The zero-order chi connectivity index (χ0) is 13.5. The lowest BCUT2D eigenvalue weighted by Crippen LogP contribution is -2.09. The highest BCUT2D eigenvalue weighted by atomic mass is 16.5. The van der Waals surface area contributed by atoms with Crippen molar-refractivity contribution < 1.29 is 4.74 Å². The van der Waals surface area contributed by atoms with Gasteiger partial charge in [-0.1, -0.05) is 24.3 Å². The number of nitrogen functional groups attached to an aromatic ring is 1. The highest BCUT2D eigenvalue weighted by molar-refractivity contribution is 5.91. The van der Waals surface area contributed by atoms with E-state index in [4.69, 9.17) is 10.5 Å². The number of para-hydroxylation sites is 1. The second-order valence-electron chi connectivity index (χ2n) is 5.29. The van der Waals surface area contributed by atoms with Gasteiger partial charge in [0.15, 0.2) is 0 Å². The molecule has 0 bridgehead atoms. The summed E-state index contributed by atoms with van der Waals surface area (Å²) in [7, 11) is 0. The molecule has 1 aromatic heterocycles. The Labute approximate surface area is 117 Å². The van der Waals surface area contributed by atoms with Crippen LogP contribution >= 0.6 is 0 Å². The largest absolute Gasteiger partial charge is 0.493 e. The first kappa shape index (κ1) is 11.4. The van der Waals surface area contributed by atoms with Gasteiger partial charge in [-0.25, -0.2) is 0 Å². The summed E-state index contributed by atoms with van der Waals surface area (Å²) in [6, 6.07) is 16.5. The van der Waals surface area contributed by atoms with E-state index in [2.05, 4.69) is 35.0 Å². The van der Waals surface area contributed by atoms with Gasteiger partial charge in [0.2, 0.25) is 0 Å². The Balaban J connectivity index is 1.71. The highest BCUT2D eigenvalue weighted by Crippen LogP contribution is 2.35. The van der Waals surface area contributed by atoms with Crippen LogP contribution in [0.25, 0.3) is 10.9 Å². The van der Waals surface area contributed by atoms with Crippen molar-refractivity contribution in [1.82, 2.24) is 4.57 Å². The molecule has 1 atom stereocenters. The summed E-state index contributed by atoms with van der Waals surface area (Å²) in [4.78, 5) is 0. The van der Waals surface area contributed by atoms with E-state index < -0.39 is 0 Å². The number of nitrogens with zero attached hydrogens (tertiary/aromatic N) is 1. The minimum Gasteiger partial charge on any atom is -0.493 e. The molecule has 4 rings (SSSR count). The van der Waals surface area contributed by atoms with E-state index in [-0.39, 0.29) is 0 Å². The van der Waals surface area contributed by atoms with Gasteiger partial charge in [0, 0.05) is 35.3 Å². The van der Waals surface area contributed by atoms with Crippen molar-refractivity contribution in [3.63, 3.8) is 0 Å². The zero-order valence-corrected chi connectivity index (χ0v) is 11.1. The van der Waals surface area contributed by atoms with Gasteiger partial charge in [0.1, 0.15) is 5.75 Å². The third-order valence-corrected chi connectivity index (χ3v) is 4.06. The van der Waals surface area contributed by atoms with E-state index in [0.717, 1.165) is 30.0 Å². The van der Waals surface area contributed by atoms with Crippen LogP contribution in [0.4, 0.5) is 5.69 Å². The minimum absolute atomic E-state index is 0.406. The molecule has 0 saturated carbocycles. The predicted octanol–water partition coefficient (Wildman–Crippen LogP) is 3.40. The van der Waals surface area contributed by atoms with Gasteiger partial charge < -0.3 is 15.0 Å². The molecule has 1 aliphatic rings. The first-order chi connectivity index (χ1) is 9.83. The maximum atomic E-state index is 6.02. The lowest BCUT2D eigenvalue weighted by molar-refractivity contribution is 0.320. The summed E-state index contributed by atoms with van der Waals surface area (Å²) in [5.41, 5.74) is 9.35. The number of aromatic nitrogens is 1. The first-order valence-corrected chi connectivity index (χ1v) is 6.88. The topological polar surface area (TPSA) is 40.2 Å². The molecule has 2 aromatic carbocycles. The van der Waals surface area contributed by atoms with Crippen molar-refractivity contribution in [2.24, 2.45) is 0 Å². The number of anilines is 1. The Kier molecular flexibility index (Phi) is 2.46. The van der Waals surface area contributed by atoms with Crippen molar-refractivity contribution in [3.8, 4) is 5.75 Å². The minimum atomic E-state index is 0.406. The lowest BCUT2D eigenvalue weighted by atomic mass is 10.0. The van der Waals surface area contributed by atoms with Gasteiger partial charge in [-0.05, 0) is 24.3 Å². The van der Waals surface area contributed by atoms with Gasteiger partial charge in [-0.15, -0.1) is 0 Å². The fourth-order valence-corrected chi connectivity index (χ4v) is 3.02. The molecule has 1 aliphatic heterocycles. The maximum absolute atomic E-state index is 6.02. The molecule has 0 spiro atoms. The van der Waals surface area contributed by atoms with Crippen LogP contribution in [-0.2, 0) is 6.54 Å². The monoisotopic (exact) mass is 264 g/mol. The van der Waals surface area contributed by atoms with Crippen LogP contribution in [0.15, 0.2) is 54.7 Å². The molecular formula is C17H16N2O. The normalized spacial score (nSPS) is 17.1. The average molecular weight is 264 g/mol. The van der Waals surface area contributed by atoms with Gasteiger partial charge >= 0.3 is 0 Å². The Morgan fingerprint density at radius 2 is 2.00 bits per heavy atom. The predicted molar refractivity (Wildman–Crippen MR) is 81.0 cm³/mol. The molecule has 2 N–H and O–H groups in total. The third kappa shape index (κ3) is 1.67. The van der Waals surface area contributed by atoms with Crippen molar-refractivity contribution in [1.29, 1.82) is 0 Å². The van der Waals surface area contributed by atoms with Crippen molar-refractivity contribution in [2.75, 3.05) is 12.3 Å². The van der Waals surface area contributed by atoms with Gasteiger partial charge in [0.05, 0.1) is 12.1 Å². The van der Waals surface area contributed by atoms with Crippen molar-refractivity contribution >= 4 is 16.6 Å². The van der Waals surface area contributed by atoms with Gasteiger partial charge in [-0.2, -0.15) is 0 Å². The summed E-state index contributed by atoms with van der Waals surface area (Å²) in [6.07, 6.45) is 2.11. The third-order valence-electron chi connectivity index (χ3n) is 4.06. The molecule has 2 heterocycles. The quantitative estimate of drug-likeness (QED) is 0.721. The number of fused-ring (bicyclic) bond motifs is 2. The fraction of sp³-hybridized carbons (Fsp3) is 0.176. The molecule has 0 radical (unpaired) electrons. The molecule has 0 fully saturated rings. The van der Waals surface area contributed by atoms with Gasteiger partial charge in [-0.3, -0.25) is 0 Å². The van der Waals surface area contributed by atoms with Gasteiger partial charge in [0.25, 0.3) is 0 Å². The number of hydrogen-bond acceptors (Lipinski definition) is 2. The standard InChI is InChI=1S/C17H16N2O/c18-15-5-3-6-16-14(15)8-9-19(16)10-12-11-20-17-7-2-1-4-13(12)17/h1-9,12H,10-11,18H2. The summed E-state index contributed by atoms with van der Waals surface area (Å²) in [6.45, 7) is 1.67. The Morgan fingerprint density at radius 1 is 1.10 bits per heavy atom. The summed E-state index contributed by atoms with van der Waals surface area (Å²) in [5, 5.41) is 1.12. The van der Waals surface area contributed by atoms with Crippen molar-refractivity contribution in [2.45, 2.75) is 12.5 Å². The molecule has 20 heavy (non-hydrogen) atoms. The SMILES string of the molecule is Nc1cccc2c1ccn2CC1COc2ccccc21. The van der Waals surface area contributed by atoms with Crippen LogP contribution in [0, 0.1) is 0 Å². The summed E-state index contributed by atoms with van der Waals surface area (Å²) < 4.78 is 8.02. The van der Waals surface area contributed by atoms with Crippen LogP contribution in [0.5, 0.6) is 5.75 Å². The van der Waals surface area contributed by atoms with Crippen LogP contribution < -0.4 is 10.5 Å². The Morgan fingerprint density at radius 3 is 2.95 bits per heavy atom. The number of hydrogen-bond donors (Lipinski definition) is 1. The summed E-state index contributed by atoms with van der Waals surface area (Å²) >= 11 is 0. The molecule has 3 aromatic rings. The van der Waals surface area contributed by atoms with E-state index in [1.165, 1.54) is 11.1 Å². The number of rotatable bonds is 2. The molecular weight excluding hydrogens is 248 g/mol. The molecule has 0 aliphatic carbocycles. The maximum Gasteiger partial charge on any atom is 0.122 e. The van der Waals surface area contributed by atoms with E-state index in [1.807, 2.05) is 24.3 Å². The molecule has 100 valence electrons. The lowest BCUT2D eigenvalue weighted by Gasteiger charge is -2.11. The number of benzene rings is 2. The van der Waals surface area contributed by atoms with E-state index in [9.17, 15) is 0 Å². The fourth-order valence-electron chi connectivity index (χ4n) is 3.02.